The molecule has 2 aliphatic rings. The Morgan fingerprint density at radius 1 is 1.06 bits per heavy atom. The van der Waals surface area contributed by atoms with Gasteiger partial charge in [0, 0.05) is 24.8 Å². The Balaban J connectivity index is 1.27. The molecule has 0 radical (unpaired) electrons. The van der Waals surface area contributed by atoms with E-state index < -0.39 is 0 Å². The van der Waals surface area contributed by atoms with Crippen LogP contribution in [0.3, 0.4) is 0 Å². The normalized spacial score (nSPS) is 25.2. The molecule has 1 N–H and O–H groups in total. The predicted molar refractivity (Wildman–Crippen MR) is 129 cm³/mol. The Morgan fingerprint density at radius 3 is 2.44 bits per heavy atom. The first-order chi connectivity index (χ1) is 15.2. The van der Waals surface area contributed by atoms with Crippen LogP contribution in [0.5, 0.6) is 0 Å². The van der Waals surface area contributed by atoms with Gasteiger partial charge in [0.25, 0.3) is 5.91 Å². The van der Waals surface area contributed by atoms with Crippen molar-refractivity contribution >= 4 is 22.7 Å². The number of carbonyl (C=O) groups excluding carboxylic acids is 2. The molecule has 2 fully saturated rings. The van der Waals surface area contributed by atoms with Crippen molar-refractivity contribution in [1.29, 1.82) is 0 Å². The molecular weight excluding hydrogens is 398 g/mol. The molecule has 1 amide bonds. The topological polar surface area (TPSA) is 59.3 Å². The van der Waals surface area contributed by atoms with E-state index in [0.29, 0.717) is 28.9 Å². The van der Waals surface area contributed by atoms with Crippen molar-refractivity contribution in [2.24, 2.45) is 29.1 Å². The Bertz CT molecular complexity index is 953. The number of carbonyl (C=O) groups is 2. The third-order valence-corrected chi connectivity index (χ3v) is 7.85. The molecule has 2 bridgehead atoms. The van der Waals surface area contributed by atoms with Crippen molar-refractivity contribution in [3.8, 4) is 0 Å². The maximum absolute atomic E-state index is 12.9. The van der Waals surface area contributed by atoms with Gasteiger partial charge in [-0.2, -0.15) is 0 Å². The molecule has 1 aromatic carbocycles. The van der Waals surface area contributed by atoms with Crippen LogP contribution in [-0.4, -0.2) is 18.2 Å². The van der Waals surface area contributed by atoms with Crippen LogP contribution in [0.4, 0.5) is 0 Å². The minimum absolute atomic E-state index is 0.0219. The average molecular weight is 438 g/mol. The standard InChI is InChI=1S/C28H39NO3/c1-18-26(24-7-5-6-8-25(24)32-18)27(31)29-17-19-15-20-9-10-21(16-19)23(20)12-11-22(30)13-14-28(2,3)4/h5-8,19-21,23H,9-17H2,1-4H3,(H,29,31)/t19?,20-,21-,23?/m0/s1. The number of nitrogens with one attached hydrogen (secondary N) is 1. The van der Waals surface area contributed by atoms with Gasteiger partial charge in [-0.05, 0) is 80.6 Å². The number of furan rings is 1. The highest BCUT2D eigenvalue weighted by Crippen LogP contribution is 2.50. The van der Waals surface area contributed by atoms with E-state index in [4.69, 9.17) is 4.42 Å². The third kappa shape index (κ3) is 5.27. The Labute approximate surface area is 192 Å². The zero-order valence-electron chi connectivity index (χ0n) is 20.2. The average Bonchev–Trinajstić information content (AvgIpc) is 3.19. The van der Waals surface area contributed by atoms with Gasteiger partial charge in [-0.1, -0.05) is 39.0 Å². The van der Waals surface area contributed by atoms with Crippen molar-refractivity contribution in [2.45, 2.75) is 79.1 Å². The fourth-order valence-corrected chi connectivity index (χ4v) is 6.16. The second kappa shape index (κ2) is 9.41. The summed E-state index contributed by atoms with van der Waals surface area (Å²) >= 11 is 0. The van der Waals surface area contributed by atoms with Crippen molar-refractivity contribution in [3.63, 3.8) is 0 Å². The van der Waals surface area contributed by atoms with Crippen LogP contribution in [0.25, 0.3) is 11.0 Å². The monoisotopic (exact) mass is 437 g/mol. The Hall–Kier alpha value is -2.10. The van der Waals surface area contributed by atoms with E-state index in [1.807, 2.05) is 31.2 Å². The number of hydrogen-bond acceptors (Lipinski definition) is 3. The second-order valence-electron chi connectivity index (χ2n) is 11.5. The van der Waals surface area contributed by atoms with Gasteiger partial charge < -0.3 is 9.73 Å². The highest BCUT2D eigenvalue weighted by molar-refractivity contribution is 6.07. The first kappa shape index (κ1) is 23.1. The molecule has 4 rings (SSSR count). The smallest absolute Gasteiger partial charge is 0.255 e. The van der Waals surface area contributed by atoms with Gasteiger partial charge in [-0.3, -0.25) is 9.59 Å². The maximum atomic E-state index is 12.9. The van der Waals surface area contributed by atoms with Crippen LogP contribution in [0.1, 0.15) is 88.3 Å². The molecule has 4 nitrogen and oxygen atoms in total. The molecule has 2 atom stereocenters. The maximum Gasteiger partial charge on any atom is 0.255 e. The molecule has 2 saturated carbocycles. The highest BCUT2D eigenvalue weighted by atomic mass is 16.3. The number of fused-ring (bicyclic) bond motifs is 3. The largest absolute Gasteiger partial charge is 0.461 e. The van der Waals surface area contributed by atoms with E-state index >= 15 is 0 Å². The summed E-state index contributed by atoms with van der Waals surface area (Å²) in [5.41, 5.74) is 1.68. The first-order valence-corrected chi connectivity index (χ1v) is 12.5. The number of amides is 1. The van der Waals surface area contributed by atoms with E-state index in [1.54, 1.807) is 0 Å². The lowest BCUT2D eigenvalue weighted by Crippen LogP contribution is -2.35. The number of aryl methyl sites for hydroxylation is 1. The Kier molecular flexibility index (Phi) is 6.78. The van der Waals surface area contributed by atoms with Gasteiger partial charge >= 0.3 is 0 Å². The number of para-hydroxylation sites is 1. The molecule has 2 aromatic rings. The molecule has 1 aromatic heterocycles. The zero-order valence-corrected chi connectivity index (χ0v) is 20.2. The molecule has 32 heavy (non-hydrogen) atoms. The van der Waals surface area contributed by atoms with Crippen LogP contribution in [0.15, 0.2) is 28.7 Å². The SMILES string of the molecule is Cc1oc2ccccc2c1C(=O)NCC1C[C@@H]2CC[C@@H](C1)C2CCC(=O)CCC(C)(C)C. The van der Waals surface area contributed by atoms with E-state index in [1.165, 1.54) is 25.7 Å². The van der Waals surface area contributed by atoms with E-state index in [-0.39, 0.29) is 11.3 Å². The van der Waals surface area contributed by atoms with Crippen LogP contribution >= 0.6 is 0 Å². The number of hydrogen-bond donors (Lipinski definition) is 1. The van der Waals surface area contributed by atoms with Crippen LogP contribution < -0.4 is 5.32 Å². The van der Waals surface area contributed by atoms with E-state index in [2.05, 4.69) is 26.1 Å². The lowest BCUT2D eigenvalue weighted by molar-refractivity contribution is -0.120. The molecule has 0 spiro atoms. The van der Waals surface area contributed by atoms with Crippen molar-refractivity contribution in [2.75, 3.05) is 6.54 Å². The van der Waals surface area contributed by atoms with E-state index in [9.17, 15) is 9.59 Å². The highest BCUT2D eigenvalue weighted by Gasteiger charge is 2.42. The van der Waals surface area contributed by atoms with E-state index in [0.717, 1.165) is 55.0 Å². The lowest BCUT2D eigenvalue weighted by atomic mass is 9.71. The molecule has 174 valence electrons. The second-order valence-corrected chi connectivity index (χ2v) is 11.5. The summed E-state index contributed by atoms with van der Waals surface area (Å²) in [5, 5.41) is 4.09. The van der Waals surface area contributed by atoms with Gasteiger partial charge in [0.05, 0.1) is 5.56 Å². The first-order valence-electron chi connectivity index (χ1n) is 12.5. The molecule has 0 saturated heterocycles. The van der Waals surface area contributed by atoms with Gasteiger partial charge in [-0.15, -0.1) is 0 Å². The summed E-state index contributed by atoms with van der Waals surface area (Å²) in [6.07, 6.45) is 8.48. The molecule has 2 aliphatic carbocycles. The Morgan fingerprint density at radius 2 is 1.75 bits per heavy atom. The summed E-state index contributed by atoms with van der Waals surface area (Å²) in [6.45, 7) is 9.22. The van der Waals surface area contributed by atoms with Gasteiger partial charge in [0.15, 0.2) is 0 Å². The molecule has 4 heteroatoms. The van der Waals surface area contributed by atoms with Gasteiger partial charge in [-0.25, -0.2) is 0 Å². The lowest BCUT2D eigenvalue weighted by Gasteiger charge is -2.35. The number of rotatable bonds is 8. The number of ketones is 1. The fourth-order valence-electron chi connectivity index (χ4n) is 6.16. The number of Topliss-reactive ketones (excluding diaryl/α,β-unsaturated/α-hetero) is 1. The quantitative estimate of drug-likeness (QED) is 0.500. The van der Waals surface area contributed by atoms with Crippen LogP contribution in [0.2, 0.25) is 0 Å². The van der Waals surface area contributed by atoms with Crippen molar-refractivity contribution < 1.29 is 14.0 Å². The van der Waals surface area contributed by atoms with Crippen molar-refractivity contribution in [3.05, 3.63) is 35.6 Å². The van der Waals surface area contributed by atoms with Gasteiger partial charge in [0.2, 0.25) is 0 Å². The molecular formula is C28H39NO3. The van der Waals surface area contributed by atoms with Crippen molar-refractivity contribution in [1.82, 2.24) is 5.32 Å². The summed E-state index contributed by atoms with van der Waals surface area (Å²) in [6, 6.07) is 7.74. The predicted octanol–water partition coefficient (Wildman–Crippen LogP) is 6.70. The fraction of sp³-hybridized carbons (Fsp3) is 0.643. The number of benzene rings is 1. The van der Waals surface area contributed by atoms with Crippen LogP contribution in [0, 0.1) is 36.0 Å². The summed E-state index contributed by atoms with van der Waals surface area (Å²) < 4.78 is 5.76. The summed E-state index contributed by atoms with van der Waals surface area (Å²) in [4.78, 5) is 25.3. The minimum atomic E-state index is -0.0219. The van der Waals surface area contributed by atoms with Crippen LogP contribution in [-0.2, 0) is 4.79 Å². The third-order valence-electron chi connectivity index (χ3n) is 7.85. The molecule has 0 unspecified atom stereocenters. The summed E-state index contributed by atoms with van der Waals surface area (Å²) in [5.74, 6) is 3.81. The zero-order chi connectivity index (χ0) is 22.9. The van der Waals surface area contributed by atoms with Gasteiger partial charge in [0.1, 0.15) is 17.1 Å². The summed E-state index contributed by atoms with van der Waals surface area (Å²) in [7, 11) is 0. The molecule has 1 heterocycles. The minimum Gasteiger partial charge on any atom is -0.461 e. The molecule has 0 aliphatic heterocycles.